The summed E-state index contributed by atoms with van der Waals surface area (Å²) in [7, 11) is 1.68. The first-order valence-electron chi connectivity index (χ1n) is 9.41. The molecule has 0 spiro atoms. The molecule has 28 heavy (non-hydrogen) atoms. The fraction of sp³-hybridized carbons (Fsp3) is 0.273. The van der Waals surface area contributed by atoms with Crippen LogP contribution in [0.1, 0.15) is 5.76 Å². The van der Waals surface area contributed by atoms with Crippen molar-refractivity contribution in [3.63, 3.8) is 0 Å². The normalized spacial score (nSPS) is 14.2. The maximum Gasteiger partial charge on any atom is 0.230 e. The largest absolute Gasteiger partial charge is 0.495 e. The van der Waals surface area contributed by atoms with Crippen LogP contribution in [0.5, 0.6) is 5.75 Å². The van der Waals surface area contributed by atoms with Gasteiger partial charge >= 0.3 is 0 Å². The zero-order chi connectivity index (χ0) is 19.3. The summed E-state index contributed by atoms with van der Waals surface area (Å²) < 4.78 is 10.8. The zero-order valence-corrected chi connectivity index (χ0v) is 15.9. The van der Waals surface area contributed by atoms with Gasteiger partial charge in [-0.05, 0) is 12.1 Å². The summed E-state index contributed by atoms with van der Waals surface area (Å²) in [4.78, 5) is 16.8. The summed E-state index contributed by atoms with van der Waals surface area (Å²) in [5.74, 6) is 1.52. The number of amides is 1. The van der Waals surface area contributed by atoms with E-state index in [0.29, 0.717) is 18.8 Å². The minimum absolute atomic E-state index is 0.0652. The number of aromatic nitrogens is 1. The van der Waals surface area contributed by atoms with Gasteiger partial charge in [-0.25, -0.2) is 0 Å². The Hall–Kier alpha value is -3.28. The van der Waals surface area contributed by atoms with Gasteiger partial charge in [0.2, 0.25) is 5.91 Å². The number of methoxy groups -OCH3 is 1. The molecule has 0 atom stereocenters. The summed E-state index contributed by atoms with van der Waals surface area (Å²) in [6.07, 6.45) is 0.231. The van der Waals surface area contributed by atoms with Crippen LogP contribution in [-0.4, -0.2) is 49.3 Å². The summed E-state index contributed by atoms with van der Waals surface area (Å²) in [5, 5.41) is 4.09. The average Bonchev–Trinajstić information content (AvgIpc) is 3.23. The van der Waals surface area contributed by atoms with Crippen molar-refractivity contribution in [1.82, 2.24) is 10.1 Å². The average molecular weight is 377 g/mol. The Balaban J connectivity index is 1.35. The maximum atomic E-state index is 12.7. The smallest absolute Gasteiger partial charge is 0.230 e. The second kappa shape index (κ2) is 8.17. The second-order valence-corrected chi connectivity index (χ2v) is 6.76. The third-order valence-electron chi connectivity index (χ3n) is 5.01. The number of carbonyl (C=O) groups excluding carboxylic acids is 1. The number of nitrogens with zero attached hydrogens (tertiary/aromatic N) is 3. The van der Waals surface area contributed by atoms with E-state index < -0.39 is 0 Å². The molecule has 2 aromatic carbocycles. The predicted molar refractivity (Wildman–Crippen MR) is 107 cm³/mol. The number of anilines is 1. The van der Waals surface area contributed by atoms with Crippen molar-refractivity contribution < 1.29 is 14.1 Å². The minimum Gasteiger partial charge on any atom is -0.495 e. The number of hydrogen-bond acceptors (Lipinski definition) is 5. The van der Waals surface area contributed by atoms with Crippen LogP contribution in [0.4, 0.5) is 5.69 Å². The van der Waals surface area contributed by atoms with Gasteiger partial charge in [-0.2, -0.15) is 0 Å². The van der Waals surface area contributed by atoms with Gasteiger partial charge in [-0.1, -0.05) is 47.6 Å². The molecule has 1 aliphatic heterocycles. The van der Waals surface area contributed by atoms with Crippen molar-refractivity contribution >= 4 is 11.6 Å². The summed E-state index contributed by atoms with van der Waals surface area (Å²) >= 11 is 0. The van der Waals surface area contributed by atoms with Gasteiger partial charge < -0.3 is 19.1 Å². The third kappa shape index (κ3) is 3.86. The quantitative estimate of drug-likeness (QED) is 0.683. The molecule has 1 amide bonds. The summed E-state index contributed by atoms with van der Waals surface area (Å²) in [6, 6.07) is 19.6. The van der Waals surface area contributed by atoms with Gasteiger partial charge in [-0.15, -0.1) is 0 Å². The Morgan fingerprint density at radius 1 is 1.04 bits per heavy atom. The van der Waals surface area contributed by atoms with Crippen LogP contribution in [0.15, 0.2) is 65.2 Å². The molecule has 0 radical (unpaired) electrons. The van der Waals surface area contributed by atoms with Gasteiger partial charge in [-0.3, -0.25) is 4.79 Å². The fourth-order valence-corrected chi connectivity index (χ4v) is 3.49. The van der Waals surface area contributed by atoms with Crippen LogP contribution < -0.4 is 9.64 Å². The molecule has 2 heterocycles. The number of para-hydroxylation sites is 2. The molecule has 6 heteroatoms. The predicted octanol–water partition coefficient (Wildman–Crippen LogP) is 3.24. The standard InChI is InChI=1S/C22H23N3O3/c1-27-21-10-6-5-9-20(21)24-11-13-25(14-12-24)22(26)16-18-15-19(23-28-18)17-7-3-2-4-8-17/h2-10,15H,11-14,16H2,1H3. The molecule has 0 bridgehead atoms. The summed E-state index contributed by atoms with van der Waals surface area (Å²) in [6.45, 7) is 2.91. The zero-order valence-electron chi connectivity index (χ0n) is 15.9. The molecule has 1 aromatic heterocycles. The van der Waals surface area contributed by atoms with E-state index in [4.69, 9.17) is 9.26 Å². The highest BCUT2D eigenvalue weighted by Gasteiger charge is 2.24. The van der Waals surface area contributed by atoms with Crippen LogP contribution in [0.2, 0.25) is 0 Å². The van der Waals surface area contributed by atoms with Crippen molar-refractivity contribution in [3.8, 4) is 17.0 Å². The second-order valence-electron chi connectivity index (χ2n) is 6.76. The Bertz CT molecular complexity index is 931. The van der Waals surface area contributed by atoms with E-state index in [1.54, 1.807) is 7.11 Å². The molecular formula is C22H23N3O3. The number of piperazine rings is 1. The molecule has 6 nitrogen and oxygen atoms in total. The highest BCUT2D eigenvalue weighted by Crippen LogP contribution is 2.28. The van der Waals surface area contributed by atoms with Gasteiger partial charge in [0, 0.05) is 37.8 Å². The monoisotopic (exact) mass is 377 g/mol. The Morgan fingerprint density at radius 3 is 2.50 bits per heavy atom. The van der Waals surface area contributed by atoms with E-state index in [1.165, 1.54) is 0 Å². The van der Waals surface area contributed by atoms with Crippen LogP contribution in [0.3, 0.4) is 0 Å². The topological polar surface area (TPSA) is 58.8 Å². The molecule has 144 valence electrons. The van der Waals surface area contributed by atoms with E-state index in [-0.39, 0.29) is 12.3 Å². The van der Waals surface area contributed by atoms with E-state index in [9.17, 15) is 4.79 Å². The molecule has 1 saturated heterocycles. The van der Waals surface area contributed by atoms with Crippen molar-refractivity contribution in [3.05, 3.63) is 66.4 Å². The van der Waals surface area contributed by atoms with Gasteiger partial charge in [0.15, 0.2) is 0 Å². The van der Waals surface area contributed by atoms with Gasteiger partial charge in [0.05, 0.1) is 19.2 Å². The lowest BCUT2D eigenvalue weighted by Gasteiger charge is -2.36. The van der Waals surface area contributed by atoms with Crippen molar-refractivity contribution in [1.29, 1.82) is 0 Å². The molecular weight excluding hydrogens is 354 g/mol. The third-order valence-corrected chi connectivity index (χ3v) is 5.01. The van der Waals surface area contributed by atoms with Crippen LogP contribution in [0, 0.1) is 0 Å². The van der Waals surface area contributed by atoms with Crippen molar-refractivity contribution in [2.45, 2.75) is 6.42 Å². The number of rotatable bonds is 5. The van der Waals surface area contributed by atoms with Gasteiger partial charge in [0.25, 0.3) is 0 Å². The molecule has 4 rings (SSSR count). The van der Waals surface area contributed by atoms with Crippen LogP contribution in [0.25, 0.3) is 11.3 Å². The van der Waals surface area contributed by atoms with E-state index in [0.717, 1.165) is 35.8 Å². The highest BCUT2D eigenvalue weighted by atomic mass is 16.5. The Kier molecular flexibility index (Phi) is 5.28. The van der Waals surface area contributed by atoms with Crippen molar-refractivity contribution in [2.75, 3.05) is 38.2 Å². The van der Waals surface area contributed by atoms with E-state index in [2.05, 4.69) is 16.1 Å². The Morgan fingerprint density at radius 2 is 1.75 bits per heavy atom. The molecule has 1 aliphatic rings. The number of benzene rings is 2. The molecule has 0 aliphatic carbocycles. The van der Waals surface area contributed by atoms with Crippen molar-refractivity contribution in [2.24, 2.45) is 0 Å². The highest BCUT2D eigenvalue weighted by molar-refractivity contribution is 5.79. The molecule has 0 N–H and O–H groups in total. The first-order chi connectivity index (χ1) is 13.7. The van der Waals surface area contributed by atoms with Crippen LogP contribution in [-0.2, 0) is 11.2 Å². The summed E-state index contributed by atoms with van der Waals surface area (Å²) in [5.41, 5.74) is 2.81. The number of hydrogen-bond donors (Lipinski definition) is 0. The molecule has 0 unspecified atom stereocenters. The van der Waals surface area contributed by atoms with Gasteiger partial charge in [0.1, 0.15) is 17.2 Å². The molecule has 0 saturated carbocycles. The molecule has 3 aromatic rings. The van der Waals surface area contributed by atoms with E-state index >= 15 is 0 Å². The lowest BCUT2D eigenvalue weighted by molar-refractivity contribution is -0.131. The first kappa shape index (κ1) is 18.1. The fourth-order valence-electron chi connectivity index (χ4n) is 3.49. The lowest BCUT2D eigenvalue weighted by Crippen LogP contribution is -2.49. The number of ether oxygens (including phenoxy) is 1. The first-order valence-corrected chi connectivity index (χ1v) is 9.41. The molecule has 1 fully saturated rings. The minimum atomic E-state index is 0.0652. The lowest BCUT2D eigenvalue weighted by atomic mass is 10.1. The maximum absolute atomic E-state index is 12.7. The van der Waals surface area contributed by atoms with E-state index in [1.807, 2.05) is 59.5 Å². The van der Waals surface area contributed by atoms with Crippen LogP contribution >= 0.6 is 0 Å². The SMILES string of the molecule is COc1ccccc1N1CCN(C(=O)Cc2cc(-c3ccccc3)no2)CC1. The number of carbonyl (C=O) groups is 1. The Labute approximate surface area is 164 Å².